The molecule has 11 heteroatoms. The Labute approximate surface area is 248 Å². The van der Waals surface area contributed by atoms with E-state index < -0.39 is 23.5 Å². The van der Waals surface area contributed by atoms with E-state index in [1.165, 1.54) is 15.9 Å². The summed E-state index contributed by atoms with van der Waals surface area (Å²) in [5.41, 5.74) is -5.53. The Bertz CT molecular complexity index is 1140. The number of hydrogen-bond acceptors (Lipinski definition) is 5. The molecule has 1 N–H and O–H groups in total. The maximum atomic E-state index is 10.7. The van der Waals surface area contributed by atoms with Crippen LogP contribution < -0.4 is 30.1 Å². The first-order valence-electron chi connectivity index (χ1n) is 14.0. The molecule has 0 saturated carbocycles. The van der Waals surface area contributed by atoms with E-state index in [0.717, 1.165) is 75.6 Å². The van der Waals surface area contributed by atoms with Gasteiger partial charge in [-0.15, -0.1) is 0 Å². The van der Waals surface area contributed by atoms with Gasteiger partial charge in [0.15, 0.2) is 0 Å². The lowest BCUT2D eigenvalue weighted by molar-refractivity contribution is -0.0510. The van der Waals surface area contributed by atoms with E-state index >= 15 is 0 Å². The summed E-state index contributed by atoms with van der Waals surface area (Å²) in [6.07, 6.45) is 6.65. The fourth-order valence-corrected chi connectivity index (χ4v) is 5.76. The predicted octanol–water partition coefficient (Wildman–Crippen LogP) is 7.38. The van der Waals surface area contributed by atoms with Crippen LogP contribution in [0.15, 0.2) is 72.8 Å². The highest BCUT2D eigenvalue weighted by Crippen LogP contribution is 2.34. The molecule has 0 aliphatic rings. The van der Waals surface area contributed by atoms with Gasteiger partial charge in [-0.1, -0.05) is 76.4 Å². The average Bonchev–Trinajstić information content (AvgIpc) is 2.95. The standard InChI is InChI=1S/C30H39O3P.CHF3O3S/c1-4-7-22-31-25-10-16-28(17-11-25)34(29-18-12-26(13-19-29)32-23-8-5-2)30-20-14-27(15-21-30)33-24-9-6-3;2-1(3,4)8(5,6)7/h10-21H,4-9,22-24H2,1-3H3;(H,5,6,7). The van der Waals surface area contributed by atoms with Gasteiger partial charge in [0.05, 0.1) is 19.8 Å². The zero-order chi connectivity index (χ0) is 31.0. The van der Waals surface area contributed by atoms with Crippen LogP contribution in [-0.4, -0.2) is 38.3 Å². The monoisotopic (exact) mass is 628 g/mol. The molecule has 0 aromatic heterocycles. The molecule has 0 atom stereocenters. The molecule has 6 nitrogen and oxygen atoms in total. The Morgan fingerprint density at radius 1 is 0.595 bits per heavy atom. The third-order valence-corrected chi connectivity index (χ3v) is 8.91. The van der Waals surface area contributed by atoms with Crippen LogP contribution in [0.5, 0.6) is 17.2 Å². The summed E-state index contributed by atoms with van der Waals surface area (Å²) in [7, 11) is -6.54. The van der Waals surface area contributed by atoms with E-state index in [4.69, 9.17) is 27.2 Å². The molecule has 232 valence electrons. The van der Waals surface area contributed by atoms with E-state index in [2.05, 4.69) is 93.6 Å². The molecule has 0 fully saturated rings. The summed E-state index contributed by atoms with van der Waals surface area (Å²) in [6, 6.07) is 25.9. The second-order valence-electron chi connectivity index (χ2n) is 9.34. The predicted molar refractivity (Wildman–Crippen MR) is 164 cm³/mol. The van der Waals surface area contributed by atoms with Crippen molar-refractivity contribution in [3.63, 3.8) is 0 Å². The van der Waals surface area contributed by atoms with Gasteiger partial charge in [-0.05, 0) is 79.5 Å². The molecule has 0 heterocycles. The molecule has 0 amide bonds. The maximum absolute atomic E-state index is 10.7. The Morgan fingerprint density at radius 2 is 0.833 bits per heavy atom. The fraction of sp³-hybridized carbons (Fsp3) is 0.419. The van der Waals surface area contributed by atoms with Crippen molar-refractivity contribution in [2.45, 2.75) is 64.8 Å². The lowest BCUT2D eigenvalue weighted by Crippen LogP contribution is -2.21. The number of rotatable bonds is 15. The fourth-order valence-electron chi connectivity index (χ4n) is 3.52. The summed E-state index contributed by atoms with van der Waals surface area (Å²) in [4.78, 5) is 0. The number of hydrogen-bond donors (Lipinski definition) is 1. The summed E-state index contributed by atoms with van der Waals surface area (Å²) in [6.45, 7) is 8.84. The van der Waals surface area contributed by atoms with Crippen molar-refractivity contribution in [3.05, 3.63) is 72.8 Å². The molecule has 42 heavy (non-hydrogen) atoms. The molecule has 0 unspecified atom stereocenters. The normalized spacial score (nSPS) is 11.5. The molecule has 3 aromatic carbocycles. The molecule has 0 aliphatic carbocycles. The van der Waals surface area contributed by atoms with Gasteiger partial charge < -0.3 is 14.2 Å². The first-order chi connectivity index (χ1) is 20.0. The molecule has 0 radical (unpaired) electrons. The largest absolute Gasteiger partial charge is 0.522 e. The van der Waals surface area contributed by atoms with Crippen LogP contribution in [0, 0.1) is 0 Å². The highest BCUT2D eigenvalue weighted by atomic mass is 32.2. The number of halogens is 3. The van der Waals surface area contributed by atoms with Crippen LogP contribution in [0.4, 0.5) is 13.2 Å². The van der Waals surface area contributed by atoms with Gasteiger partial charge in [-0.3, -0.25) is 4.55 Å². The highest BCUT2D eigenvalue weighted by Gasteiger charge is 2.44. The van der Waals surface area contributed by atoms with Crippen molar-refractivity contribution < 1.29 is 40.4 Å². The zero-order valence-electron chi connectivity index (χ0n) is 24.3. The lowest BCUT2D eigenvalue weighted by Gasteiger charge is -2.20. The summed E-state index contributed by atoms with van der Waals surface area (Å²) in [5.74, 6) is 2.81. The molecule has 0 aliphatic heterocycles. The Hall–Kier alpha value is -2.81. The Kier molecular flexibility index (Phi) is 15.2. The van der Waals surface area contributed by atoms with Crippen molar-refractivity contribution in [2.24, 2.45) is 0 Å². The van der Waals surface area contributed by atoms with Crippen molar-refractivity contribution in [2.75, 3.05) is 19.8 Å². The maximum Gasteiger partial charge on any atom is 0.522 e. The third-order valence-electron chi connectivity index (χ3n) is 5.88. The van der Waals surface area contributed by atoms with E-state index in [-0.39, 0.29) is 0 Å². The zero-order valence-corrected chi connectivity index (χ0v) is 26.0. The first kappa shape index (κ1) is 35.4. The van der Waals surface area contributed by atoms with E-state index in [1.807, 2.05) is 0 Å². The van der Waals surface area contributed by atoms with Crippen LogP contribution in [0.25, 0.3) is 0 Å². The van der Waals surface area contributed by atoms with Crippen molar-refractivity contribution in [1.82, 2.24) is 0 Å². The molecular formula is C31H40F3O6PS. The minimum Gasteiger partial charge on any atom is -0.494 e. The lowest BCUT2D eigenvalue weighted by atomic mass is 10.3. The summed E-state index contributed by atoms with van der Waals surface area (Å²) < 4.78 is 75.2. The van der Waals surface area contributed by atoms with Gasteiger partial charge in [-0.2, -0.15) is 21.6 Å². The molecule has 3 aromatic rings. The number of ether oxygens (including phenoxy) is 3. The van der Waals surface area contributed by atoms with Crippen LogP contribution >= 0.6 is 7.92 Å². The topological polar surface area (TPSA) is 82.1 Å². The van der Waals surface area contributed by atoms with Crippen molar-refractivity contribution in [3.8, 4) is 17.2 Å². The van der Waals surface area contributed by atoms with E-state index in [9.17, 15) is 13.2 Å². The molecule has 0 saturated heterocycles. The molecule has 3 rings (SSSR count). The summed E-state index contributed by atoms with van der Waals surface area (Å²) in [5, 5.41) is 3.91. The van der Waals surface area contributed by atoms with Gasteiger partial charge in [0.2, 0.25) is 0 Å². The number of unbranched alkanes of at least 4 members (excludes halogenated alkanes) is 3. The van der Waals surface area contributed by atoms with Crippen LogP contribution in [0.2, 0.25) is 0 Å². The second kappa shape index (κ2) is 18.0. The van der Waals surface area contributed by atoms with Crippen molar-refractivity contribution in [1.29, 1.82) is 0 Å². The van der Waals surface area contributed by atoms with Gasteiger partial charge in [0, 0.05) is 0 Å². The quantitative estimate of drug-likeness (QED) is 0.0819. The Morgan fingerprint density at radius 3 is 1.02 bits per heavy atom. The highest BCUT2D eigenvalue weighted by molar-refractivity contribution is 7.86. The van der Waals surface area contributed by atoms with Gasteiger partial charge >= 0.3 is 15.6 Å². The molecule has 0 spiro atoms. The van der Waals surface area contributed by atoms with Gasteiger partial charge in [0.25, 0.3) is 0 Å². The molecular weight excluding hydrogens is 588 g/mol. The minimum atomic E-state index is -5.84. The van der Waals surface area contributed by atoms with Crippen LogP contribution in [0.3, 0.4) is 0 Å². The van der Waals surface area contributed by atoms with Crippen molar-refractivity contribution >= 4 is 34.0 Å². The Balaban J connectivity index is 0.000000675. The summed E-state index contributed by atoms with van der Waals surface area (Å²) >= 11 is 0. The smallest absolute Gasteiger partial charge is 0.494 e. The van der Waals surface area contributed by atoms with E-state index in [0.29, 0.717) is 0 Å². The average molecular weight is 629 g/mol. The SMILES string of the molecule is CCCCOc1ccc(P(c2ccc(OCCCC)cc2)c2ccc(OCCCC)cc2)cc1.O=S(=O)(O)C(F)(F)F. The third kappa shape index (κ3) is 12.2. The first-order valence-corrected chi connectivity index (χ1v) is 16.8. The van der Waals surface area contributed by atoms with E-state index in [1.54, 1.807) is 0 Å². The minimum absolute atomic E-state index is 0.698. The second-order valence-corrected chi connectivity index (χ2v) is 13.0. The van der Waals surface area contributed by atoms with Gasteiger partial charge in [0.1, 0.15) is 17.2 Å². The van der Waals surface area contributed by atoms with Crippen LogP contribution in [-0.2, 0) is 10.1 Å². The van der Waals surface area contributed by atoms with Gasteiger partial charge in [-0.25, -0.2) is 0 Å². The number of alkyl halides is 3. The molecule has 0 bridgehead atoms. The van der Waals surface area contributed by atoms with Crippen LogP contribution in [0.1, 0.15) is 59.3 Å². The number of benzene rings is 3.